The molecule has 0 aliphatic carbocycles. The molecule has 1 rings (SSSR count). The molecule has 0 saturated heterocycles. The van der Waals surface area contributed by atoms with Gasteiger partial charge in [0.05, 0.1) is 10.6 Å². The van der Waals surface area contributed by atoms with Crippen molar-refractivity contribution in [1.82, 2.24) is 5.17 Å². The quantitative estimate of drug-likeness (QED) is 0.386. The lowest BCUT2D eigenvalue weighted by atomic mass is 10.2. The van der Waals surface area contributed by atoms with E-state index in [4.69, 9.17) is 17.4 Å². The molecule has 0 heterocycles. The number of carbonyl (C=O) groups excluding carboxylic acids is 2. The Kier molecular flexibility index (Phi) is 4.88. The minimum absolute atomic E-state index is 0.159. The third kappa shape index (κ3) is 3.87. The fourth-order valence-electron chi connectivity index (χ4n) is 1.15. The molecule has 0 aromatic heterocycles. The fraction of sp³-hybridized carbons (Fsp3) is 0.167. The molecule has 0 radical (unpaired) electrons. The lowest BCUT2D eigenvalue weighted by Gasteiger charge is -2.14. The van der Waals surface area contributed by atoms with Gasteiger partial charge >= 0.3 is 11.9 Å². The number of hydroxylamine groups is 1. The molecule has 0 atom stereocenters. The van der Waals surface area contributed by atoms with Gasteiger partial charge in [0.25, 0.3) is 0 Å². The van der Waals surface area contributed by atoms with Gasteiger partial charge in [-0.05, 0) is 26.0 Å². The Morgan fingerprint density at radius 2 is 1.94 bits per heavy atom. The summed E-state index contributed by atoms with van der Waals surface area (Å²) in [5.41, 5.74) is 0.894. The molecule has 5 nitrogen and oxygen atoms in total. The molecule has 0 spiro atoms. The summed E-state index contributed by atoms with van der Waals surface area (Å²) in [7, 11) is 0. The zero-order chi connectivity index (χ0) is 13.7. The molecule has 0 aliphatic rings. The smallest absolute Gasteiger partial charge is 0.317 e. The van der Waals surface area contributed by atoms with E-state index in [0.717, 1.165) is 5.57 Å². The molecule has 0 fully saturated rings. The van der Waals surface area contributed by atoms with Crippen LogP contribution in [0.1, 0.15) is 24.2 Å². The van der Waals surface area contributed by atoms with Crippen LogP contribution >= 0.6 is 11.6 Å². The van der Waals surface area contributed by atoms with Gasteiger partial charge in [0, 0.05) is 6.08 Å². The molecule has 2 N–H and O–H groups in total. The first-order chi connectivity index (χ1) is 8.41. The van der Waals surface area contributed by atoms with E-state index in [9.17, 15) is 9.59 Å². The lowest BCUT2D eigenvalue weighted by Crippen LogP contribution is -2.39. The summed E-state index contributed by atoms with van der Waals surface area (Å²) in [5, 5.41) is 0.597. The van der Waals surface area contributed by atoms with Gasteiger partial charge in [-0.15, -0.1) is 0 Å². The van der Waals surface area contributed by atoms with Gasteiger partial charge in [-0.3, -0.25) is 4.79 Å². The van der Waals surface area contributed by atoms with E-state index in [1.54, 1.807) is 32.0 Å². The minimum Gasteiger partial charge on any atom is -0.317 e. The SMILES string of the molecule is CC(C)=CC(=O)ON(N)C(=O)c1ccccc1Cl. The Bertz CT molecular complexity index is 496. The predicted octanol–water partition coefficient (Wildman–Crippen LogP) is 2.08. The second-order valence-corrected chi connectivity index (χ2v) is 4.15. The Hall–Kier alpha value is -1.85. The number of halogens is 1. The van der Waals surface area contributed by atoms with Crippen molar-refractivity contribution in [3.63, 3.8) is 0 Å². The first-order valence-corrected chi connectivity index (χ1v) is 5.50. The van der Waals surface area contributed by atoms with Crippen LogP contribution in [0.3, 0.4) is 0 Å². The number of hydrogen-bond donors (Lipinski definition) is 1. The van der Waals surface area contributed by atoms with Crippen molar-refractivity contribution in [3.8, 4) is 0 Å². The average molecular weight is 269 g/mol. The first-order valence-electron chi connectivity index (χ1n) is 5.12. The van der Waals surface area contributed by atoms with E-state index in [-0.39, 0.29) is 10.6 Å². The van der Waals surface area contributed by atoms with Gasteiger partial charge < -0.3 is 4.84 Å². The van der Waals surface area contributed by atoms with Crippen LogP contribution in [-0.4, -0.2) is 17.0 Å². The second kappa shape index (κ2) is 6.18. The third-order valence-electron chi connectivity index (χ3n) is 1.90. The summed E-state index contributed by atoms with van der Waals surface area (Å²) in [6.45, 7) is 3.44. The van der Waals surface area contributed by atoms with Crippen molar-refractivity contribution >= 4 is 23.5 Å². The minimum atomic E-state index is -0.724. The molecule has 0 aliphatic heterocycles. The molecule has 6 heteroatoms. The van der Waals surface area contributed by atoms with E-state index in [2.05, 4.69) is 4.84 Å². The Morgan fingerprint density at radius 1 is 1.33 bits per heavy atom. The fourth-order valence-corrected chi connectivity index (χ4v) is 1.37. The van der Waals surface area contributed by atoms with Gasteiger partial charge in [-0.1, -0.05) is 34.5 Å². The second-order valence-electron chi connectivity index (χ2n) is 3.74. The highest BCUT2D eigenvalue weighted by atomic mass is 35.5. The van der Waals surface area contributed by atoms with Crippen LogP contribution in [0.15, 0.2) is 35.9 Å². The van der Waals surface area contributed by atoms with Crippen molar-refractivity contribution < 1.29 is 14.4 Å². The van der Waals surface area contributed by atoms with Gasteiger partial charge in [0.15, 0.2) is 0 Å². The van der Waals surface area contributed by atoms with Gasteiger partial charge in [-0.2, -0.15) is 0 Å². The maximum absolute atomic E-state index is 11.8. The number of hydrazine groups is 1. The molecule has 0 unspecified atom stereocenters. The molecule has 18 heavy (non-hydrogen) atoms. The van der Waals surface area contributed by atoms with E-state index < -0.39 is 11.9 Å². The summed E-state index contributed by atoms with van der Waals surface area (Å²) in [5.74, 6) is 3.93. The summed E-state index contributed by atoms with van der Waals surface area (Å²) >= 11 is 5.83. The highest BCUT2D eigenvalue weighted by Crippen LogP contribution is 2.16. The van der Waals surface area contributed by atoms with E-state index in [0.29, 0.717) is 5.17 Å². The lowest BCUT2D eigenvalue weighted by molar-refractivity contribution is -0.172. The monoisotopic (exact) mass is 268 g/mol. The van der Waals surface area contributed by atoms with Crippen molar-refractivity contribution in [3.05, 3.63) is 46.5 Å². The largest absolute Gasteiger partial charge is 0.357 e. The van der Waals surface area contributed by atoms with Crippen molar-refractivity contribution in [2.75, 3.05) is 0 Å². The average Bonchev–Trinajstić information content (AvgIpc) is 2.27. The van der Waals surface area contributed by atoms with Crippen LogP contribution in [-0.2, 0) is 9.63 Å². The zero-order valence-electron chi connectivity index (χ0n) is 10.0. The highest BCUT2D eigenvalue weighted by molar-refractivity contribution is 6.33. The Morgan fingerprint density at radius 3 is 2.50 bits per heavy atom. The third-order valence-corrected chi connectivity index (χ3v) is 2.23. The van der Waals surface area contributed by atoms with Crippen LogP contribution in [0.4, 0.5) is 0 Å². The number of carbonyl (C=O) groups is 2. The zero-order valence-corrected chi connectivity index (χ0v) is 10.8. The Balaban J connectivity index is 2.77. The van der Waals surface area contributed by atoms with Crippen LogP contribution in [0.5, 0.6) is 0 Å². The van der Waals surface area contributed by atoms with Crippen molar-refractivity contribution in [1.29, 1.82) is 0 Å². The van der Waals surface area contributed by atoms with E-state index in [1.807, 2.05) is 0 Å². The number of nitrogens with two attached hydrogens (primary N) is 1. The normalized spacial score (nSPS) is 9.56. The van der Waals surface area contributed by atoms with Gasteiger partial charge in [0.1, 0.15) is 0 Å². The predicted molar refractivity (Wildman–Crippen MR) is 67.3 cm³/mol. The molecule has 0 bridgehead atoms. The summed E-state index contributed by atoms with van der Waals surface area (Å²) in [6.07, 6.45) is 1.22. The number of rotatable bonds is 2. The maximum Gasteiger partial charge on any atom is 0.357 e. The number of hydrogen-bond acceptors (Lipinski definition) is 4. The van der Waals surface area contributed by atoms with E-state index >= 15 is 0 Å². The number of allylic oxidation sites excluding steroid dienone is 1. The molecule has 1 aromatic carbocycles. The number of amides is 1. The topological polar surface area (TPSA) is 72.6 Å². The molecular weight excluding hydrogens is 256 g/mol. The van der Waals surface area contributed by atoms with Crippen LogP contribution in [0, 0.1) is 0 Å². The highest BCUT2D eigenvalue weighted by Gasteiger charge is 2.18. The van der Waals surface area contributed by atoms with E-state index in [1.165, 1.54) is 12.1 Å². The molecule has 1 aromatic rings. The molecular formula is C12H13ClN2O3. The van der Waals surface area contributed by atoms with Crippen LogP contribution in [0.25, 0.3) is 0 Å². The summed E-state index contributed by atoms with van der Waals surface area (Å²) in [6, 6.07) is 6.33. The van der Waals surface area contributed by atoms with Gasteiger partial charge in [0.2, 0.25) is 0 Å². The molecule has 0 saturated carbocycles. The number of benzene rings is 1. The van der Waals surface area contributed by atoms with Crippen LogP contribution < -0.4 is 5.84 Å². The molecule has 96 valence electrons. The van der Waals surface area contributed by atoms with Crippen LogP contribution in [0.2, 0.25) is 5.02 Å². The Labute approximate surface area is 110 Å². The van der Waals surface area contributed by atoms with Crippen molar-refractivity contribution in [2.45, 2.75) is 13.8 Å². The summed E-state index contributed by atoms with van der Waals surface area (Å²) < 4.78 is 0. The number of nitrogens with zero attached hydrogens (tertiary/aromatic N) is 1. The first kappa shape index (κ1) is 14.2. The standard InChI is InChI=1S/C12H13ClN2O3/c1-8(2)7-11(16)18-15(14)12(17)9-5-3-4-6-10(9)13/h3-7H,14H2,1-2H3. The van der Waals surface area contributed by atoms with Crippen molar-refractivity contribution in [2.24, 2.45) is 5.84 Å². The molecule has 1 amide bonds. The van der Waals surface area contributed by atoms with Gasteiger partial charge in [-0.25, -0.2) is 10.6 Å². The summed E-state index contributed by atoms with van der Waals surface area (Å²) in [4.78, 5) is 27.7. The maximum atomic E-state index is 11.8.